The van der Waals surface area contributed by atoms with Gasteiger partial charge in [-0.1, -0.05) is 12.1 Å². The zero-order chi connectivity index (χ0) is 16.2. The van der Waals surface area contributed by atoms with Crippen molar-refractivity contribution in [1.29, 1.82) is 0 Å². The molecule has 0 saturated carbocycles. The van der Waals surface area contributed by atoms with Crippen LogP contribution >= 0.6 is 0 Å². The van der Waals surface area contributed by atoms with Crippen molar-refractivity contribution in [3.63, 3.8) is 0 Å². The molecule has 0 heterocycles. The molecule has 21 heavy (non-hydrogen) atoms. The summed E-state index contributed by atoms with van der Waals surface area (Å²) in [7, 11) is 0. The highest BCUT2D eigenvalue weighted by molar-refractivity contribution is 5.82. The Morgan fingerprint density at radius 1 is 1.29 bits per heavy atom. The largest absolute Gasteiger partial charge is 0.481 e. The van der Waals surface area contributed by atoms with Gasteiger partial charge >= 0.3 is 18.1 Å². The lowest BCUT2D eigenvalue weighted by Crippen LogP contribution is -2.39. The van der Waals surface area contributed by atoms with Crippen molar-refractivity contribution in [2.45, 2.75) is 18.6 Å². The van der Waals surface area contributed by atoms with E-state index in [9.17, 15) is 32.9 Å². The number of carbonyl (C=O) groups excluding carboxylic acids is 1. The highest BCUT2D eigenvalue weighted by Crippen LogP contribution is 2.23. The van der Waals surface area contributed by atoms with E-state index in [4.69, 9.17) is 5.11 Å². The second-order valence-corrected chi connectivity index (χ2v) is 3.97. The van der Waals surface area contributed by atoms with Crippen LogP contribution in [0.1, 0.15) is 18.0 Å². The van der Waals surface area contributed by atoms with E-state index in [0.717, 1.165) is 24.3 Å². The van der Waals surface area contributed by atoms with Crippen molar-refractivity contribution in [3.05, 3.63) is 39.9 Å². The molecule has 114 valence electrons. The maximum Gasteiger partial charge on any atom is 0.471 e. The minimum Gasteiger partial charge on any atom is -0.481 e. The zero-order valence-corrected chi connectivity index (χ0v) is 10.3. The average Bonchev–Trinajstić information content (AvgIpc) is 2.36. The number of nitro benzene ring substituents is 1. The number of carboxylic acids is 1. The van der Waals surface area contributed by atoms with Crippen LogP contribution in [0.5, 0.6) is 0 Å². The number of aliphatic carboxylic acids is 1. The number of nitrogens with one attached hydrogen (secondary N) is 1. The topological polar surface area (TPSA) is 110 Å². The summed E-state index contributed by atoms with van der Waals surface area (Å²) < 4.78 is 36.6. The standard InChI is InChI=1S/C11H9F3N2O5/c12-11(13,14)10(19)15-8(5-9(17)18)6-1-3-7(4-2-6)16(20)21/h1-4,8H,5H2,(H,15,19)(H,17,18)/t8-/m1/s1. The van der Waals surface area contributed by atoms with E-state index in [1.165, 1.54) is 5.32 Å². The van der Waals surface area contributed by atoms with Crippen LogP contribution in [0.15, 0.2) is 24.3 Å². The molecule has 0 aliphatic carbocycles. The van der Waals surface area contributed by atoms with Crippen LogP contribution in [0.25, 0.3) is 0 Å². The summed E-state index contributed by atoms with van der Waals surface area (Å²) in [5.41, 5.74) is -0.296. The van der Waals surface area contributed by atoms with Gasteiger partial charge in [-0.15, -0.1) is 0 Å². The van der Waals surface area contributed by atoms with E-state index in [1.54, 1.807) is 0 Å². The van der Waals surface area contributed by atoms with Crippen molar-refractivity contribution in [2.24, 2.45) is 0 Å². The number of non-ortho nitro benzene ring substituents is 1. The zero-order valence-electron chi connectivity index (χ0n) is 10.3. The number of nitrogens with zero attached hydrogens (tertiary/aromatic N) is 1. The van der Waals surface area contributed by atoms with Gasteiger partial charge in [-0.3, -0.25) is 19.7 Å². The van der Waals surface area contributed by atoms with Gasteiger partial charge in [0.1, 0.15) is 0 Å². The number of carbonyl (C=O) groups is 2. The normalized spacial score (nSPS) is 12.5. The third kappa shape index (κ3) is 4.75. The van der Waals surface area contributed by atoms with Gasteiger partial charge in [-0.2, -0.15) is 13.2 Å². The summed E-state index contributed by atoms with van der Waals surface area (Å²) in [4.78, 5) is 31.3. The van der Waals surface area contributed by atoms with Crippen molar-refractivity contribution in [2.75, 3.05) is 0 Å². The SMILES string of the molecule is O=C(O)C[C@@H](NC(=O)C(F)(F)F)c1ccc([N+](=O)[O-])cc1. The smallest absolute Gasteiger partial charge is 0.471 e. The third-order valence-corrected chi connectivity index (χ3v) is 2.45. The molecule has 0 spiro atoms. The predicted molar refractivity (Wildman–Crippen MR) is 62.3 cm³/mol. The quantitative estimate of drug-likeness (QED) is 0.636. The number of hydrogen-bond donors (Lipinski definition) is 2. The molecule has 0 fully saturated rings. The second kappa shape index (κ2) is 6.20. The Balaban J connectivity index is 2.99. The molecular weight excluding hydrogens is 297 g/mol. The van der Waals surface area contributed by atoms with Crippen molar-refractivity contribution in [3.8, 4) is 0 Å². The minimum absolute atomic E-state index is 0.0144. The molecule has 7 nitrogen and oxygen atoms in total. The van der Waals surface area contributed by atoms with Crippen LogP contribution in [-0.4, -0.2) is 28.1 Å². The van der Waals surface area contributed by atoms with Crippen molar-refractivity contribution >= 4 is 17.6 Å². The van der Waals surface area contributed by atoms with Crippen LogP contribution in [0.3, 0.4) is 0 Å². The molecule has 1 amide bonds. The summed E-state index contributed by atoms with van der Waals surface area (Å²) in [6, 6.07) is 2.73. The van der Waals surface area contributed by atoms with Gasteiger partial charge in [0.2, 0.25) is 0 Å². The van der Waals surface area contributed by atoms with Gasteiger partial charge in [0.05, 0.1) is 17.4 Å². The lowest BCUT2D eigenvalue weighted by Gasteiger charge is -2.18. The van der Waals surface area contributed by atoms with E-state index < -0.39 is 35.4 Å². The van der Waals surface area contributed by atoms with Gasteiger partial charge in [-0.25, -0.2) is 0 Å². The first-order valence-corrected chi connectivity index (χ1v) is 5.45. The van der Waals surface area contributed by atoms with Crippen LogP contribution in [-0.2, 0) is 9.59 Å². The van der Waals surface area contributed by atoms with Gasteiger partial charge in [-0.05, 0) is 5.56 Å². The fourth-order valence-electron chi connectivity index (χ4n) is 1.50. The first-order valence-electron chi connectivity index (χ1n) is 5.45. The molecule has 1 aromatic rings. The lowest BCUT2D eigenvalue weighted by molar-refractivity contribution is -0.384. The fraction of sp³-hybridized carbons (Fsp3) is 0.273. The summed E-state index contributed by atoms with van der Waals surface area (Å²) in [6.07, 6.45) is -5.95. The van der Waals surface area contributed by atoms with Gasteiger partial charge in [0.15, 0.2) is 0 Å². The first-order chi connectivity index (χ1) is 9.61. The minimum atomic E-state index is -5.16. The number of carboxylic acid groups (broad SMARTS) is 1. The summed E-state index contributed by atoms with van der Waals surface area (Å²) >= 11 is 0. The number of rotatable bonds is 5. The molecular formula is C11H9F3N2O5. The van der Waals surface area contributed by atoms with Gasteiger partial charge in [0, 0.05) is 12.1 Å². The fourth-order valence-corrected chi connectivity index (χ4v) is 1.50. The van der Waals surface area contributed by atoms with Crippen LogP contribution < -0.4 is 5.32 Å². The Morgan fingerprint density at radius 2 is 1.81 bits per heavy atom. The first kappa shape index (κ1) is 16.4. The third-order valence-electron chi connectivity index (χ3n) is 2.45. The summed E-state index contributed by atoms with van der Waals surface area (Å²) in [5, 5.41) is 20.7. The van der Waals surface area contributed by atoms with E-state index in [-0.39, 0.29) is 11.3 Å². The van der Waals surface area contributed by atoms with Crippen molar-refractivity contribution in [1.82, 2.24) is 5.32 Å². The highest BCUT2D eigenvalue weighted by Gasteiger charge is 2.40. The lowest BCUT2D eigenvalue weighted by atomic mass is 10.0. The number of halogens is 3. The summed E-state index contributed by atoms with van der Waals surface area (Å²) in [6.45, 7) is 0. The molecule has 1 rings (SSSR count). The Labute approximate surface area is 115 Å². The van der Waals surface area contributed by atoms with E-state index in [0.29, 0.717) is 0 Å². The number of nitro groups is 1. The monoisotopic (exact) mass is 306 g/mol. The van der Waals surface area contributed by atoms with E-state index >= 15 is 0 Å². The van der Waals surface area contributed by atoms with E-state index in [1.807, 2.05) is 0 Å². The molecule has 0 aliphatic heterocycles. The van der Waals surface area contributed by atoms with Gasteiger partial charge in [0.25, 0.3) is 5.69 Å². The number of alkyl halides is 3. The molecule has 10 heteroatoms. The van der Waals surface area contributed by atoms with Crippen LogP contribution in [0.2, 0.25) is 0 Å². The molecule has 0 radical (unpaired) electrons. The Kier molecular flexibility index (Phi) is 4.84. The number of amides is 1. The van der Waals surface area contributed by atoms with Gasteiger partial charge < -0.3 is 10.4 Å². The molecule has 0 unspecified atom stereocenters. The molecule has 1 aromatic carbocycles. The Hall–Kier alpha value is -2.65. The molecule has 0 saturated heterocycles. The van der Waals surface area contributed by atoms with E-state index in [2.05, 4.69) is 0 Å². The van der Waals surface area contributed by atoms with Crippen molar-refractivity contribution < 1.29 is 32.8 Å². The molecule has 0 aromatic heterocycles. The second-order valence-electron chi connectivity index (χ2n) is 3.97. The summed E-state index contributed by atoms with van der Waals surface area (Å²) in [5.74, 6) is -3.71. The number of benzene rings is 1. The predicted octanol–water partition coefficient (Wildman–Crippen LogP) is 1.79. The Morgan fingerprint density at radius 3 is 2.19 bits per heavy atom. The maximum absolute atomic E-state index is 12.2. The van der Waals surface area contributed by atoms with Crippen LogP contribution in [0.4, 0.5) is 18.9 Å². The van der Waals surface area contributed by atoms with Crippen LogP contribution in [0, 0.1) is 10.1 Å². The highest BCUT2D eigenvalue weighted by atomic mass is 19.4. The molecule has 0 bridgehead atoms. The number of hydrogen-bond acceptors (Lipinski definition) is 4. The molecule has 2 N–H and O–H groups in total. The maximum atomic E-state index is 12.2. The average molecular weight is 306 g/mol. The molecule has 1 atom stereocenters. The molecule has 0 aliphatic rings. The Bertz CT molecular complexity index is 556.